The van der Waals surface area contributed by atoms with Gasteiger partial charge < -0.3 is 14.8 Å². The number of amides is 1. The molecule has 0 spiro atoms. The lowest BCUT2D eigenvalue weighted by Gasteiger charge is -2.19. The predicted octanol–water partition coefficient (Wildman–Crippen LogP) is 3.53. The molecule has 1 N–H and O–H groups in total. The van der Waals surface area contributed by atoms with Gasteiger partial charge in [-0.15, -0.1) is 0 Å². The van der Waals surface area contributed by atoms with Crippen LogP contribution >= 0.6 is 0 Å². The van der Waals surface area contributed by atoms with Gasteiger partial charge in [0.2, 0.25) is 5.91 Å². The first-order valence-electron chi connectivity index (χ1n) is 8.30. The summed E-state index contributed by atoms with van der Waals surface area (Å²) in [7, 11) is 5.04. The SMILES string of the molecule is COc1cc(C)c(CN(C)CC(=O)Nc2ccc(C)c(F)c2)cc1OC. The molecule has 26 heavy (non-hydrogen) atoms. The smallest absolute Gasteiger partial charge is 0.238 e. The van der Waals surface area contributed by atoms with E-state index in [-0.39, 0.29) is 18.3 Å². The van der Waals surface area contributed by atoms with Gasteiger partial charge in [0.15, 0.2) is 11.5 Å². The third-order valence-electron chi connectivity index (χ3n) is 4.15. The van der Waals surface area contributed by atoms with Gasteiger partial charge in [-0.25, -0.2) is 4.39 Å². The number of nitrogens with zero attached hydrogens (tertiary/aromatic N) is 1. The Balaban J connectivity index is 2.00. The van der Waals surface area contributed by atoms with E-state index in [1.54, 1.807) is 33.3 Å². The molecule has 2 aromatic rings. The molecule has 5 nitrogen and oxygen atoms in total. The van der Waals surface area contributed by atoms with Crippen LogP contribution < -0.4 is 14.8 Å². The van der Waals surface area contributed by atoms with Crippen molar-refractivity contribution in [2.24, 2.45) is 0 Å². The number of anilines is 1. The van der Waals surface area contributed by atoms with Crippen LogP contribution in [-0.2, 0) is 11.3 Å². The first-order valence-corrected chi connectivity index (χ1v) is 8.30. The summed E-state index contributed by atoms with van der Waals surface area (Å²) in [5.41, 5.74) is 3.09. The molecule has 0 radical (unpaired) electrons. The van der Waals surface area contributed by atoms with Gasteiger partial charge in [0, 0.05) is 12.2 Å². The molecular weight excluding hydrogens is 335 g/mol. The largest absolute Gasteiger partial charge is 0.493 e. The number of halogens is 1. The van der Waals surface area contributed by atoms with Crippen LogP contribution in [0.1, 0.15) is 16.7 Å². The Morgan fingerprint density at radius 3 is 2.35 bits per heavy atom. The zero-order valence-electron chi connectivity index (χ0n) is 15.9. The van der Waals surface area contributed by atoms with Crippen molar-refractivity contribution in [3.8, 4) is 11.5 Å². The summed E-state index contributed by atoms with van der Waals surface area (Å²) in [5.74, 6) is 0.794. The van der Waals surface area contributed by atoms with Crippen LogP contribution in [0.5, 0.6) is 11.5 Å². The Bertz CT molecular complexity index is 793. The van der Waals surface area contributed by atoms with E-state index in [0.29, 0.717) is 29.3 Å². The van der Waals surface area contributed by atoms with Crippen molar-refractivity contribution in [3.63, 3.8) is 0 Å². The van der Waals surface area contributed by atoms with Gasteiger partial charge in [0.1, 0.15) is 5.82 Å². The fourth-order valence-electron chi connectivity index (χ4n) is 2.66. The molecular formula is C20H25FN2O3. The minimum absolute atomic E-state index is 0.184. The number of carbonyl (C=O) groups is 1. The molecule has 1 amide bonds. The number of methoxy groups -OCH3 is 2. The maximum Gasteiger partial charge on any atom is 0.238 e. The molecule has 140 valence electrons. The van der Waals surface area contributed by atoms with Crippen LogP contribution in [0, 0.1) is 19.7 Å². The Morgan fingerprint density at radius 1 is 1.08 bits per heavy atom. The maximum atomic E-state index is 13.6. The molecule has 0 unspecified atom stereocenters. The summed E-state index contributed by atoms with van der Waals surface area (Å²) in [6, 6.07) is 8.48. The first-order chi connectivity index (χ1) is 12.3. The molecule has 0 heterocycles. The van der Waals surface area contributed by atoms with Crippen molar-refractivity contribution in [2.75, 3.05) is 33.1 Å². The zero-order valence-corrected chi connectivity index (χ0v) is 15.9. The molecule has 0 saturated carbocycles. The van der Waals surface area contributed by atoms with Crippen LogP contribution in [0.25, 0.3) is 0 Å². The number of hydrogen-bond acceptors (Lipinski definition) is 4. The lowest BCUT2D eigenvalue weighted by molar-refractivity contribution is -0.117. The van der Waals surface area contributed by atoms with E-state index in [0.717, 1.165) is 11.1 Å². The van der Waals surface area contributed by atoms with Gasteiger partial charge in [0.05, 0.1) is 20.8 Å². The third kappa shape index (κ3) is 4.95. The Kier molecular flexibility index (Phi) is 6.58. The number of hydrogen-bond donors (Lipinski definition) is 1. The molecule has 2 rings (SSSR count). The maximum absolute atomic E-state index is 13.6. The van der Waals surface area contributed by atoms with Gasteiger partial charge >= 0.3 is 0 Å². The average molecular weight is 360 g/mol. The minimum atomic E-state index is -0.336. The van der Waals surface area contributed by atoms with E-state index in [2.05, 4.69) is 5.32 Å². The molecule has 0 saturated heterocycles. The second kappa shape index (κ2) is 8.67. The van der Waals surface area contributed by atoms with Crippen LogP contribution in [0.3, 0.4) is 0 Å². The number of ether oxygens (including phenoxy) is 2. The Morgan fingerprint density at radius 2 is 1.73 bits per heavy atom. The van der Waals surface area contributed by atoms with Crippen molar-refractivity contribution in [1.82, 2.24) is 4.90 Å². The van der Waals surface area contributed by atoms with E-state index in [4.69, 9.17) is 9.47 Å². The van der Waals surface area contributed by atoms with Crippen molar-refractivity contribution in [1.29, 1.82) is 0 Å². The third-order valence-corrected chi connectivity index (χ3v) is 4.15. The van der Waals surface area contributed by atoms with Gasteiger partial charge in [-0.05, 0) is 61.9 Å². The van der Waals surface area contributed by atoms with Crippen molar-refractivity contribution in [3.05, 3.63) is 52.8 Å². The lowest BCUT2D eigenvalue weighted by atomic mass is 10.1. The molecule has 0 aromatic heterocycles. The summed E-state index contributed by atoms with van der Waals surface area (Å²) >= 11 is 0. The van der Waals surface area contributed by atoms with Crippen LogP contribution in [-0.4, -0.2) is 38.6 Å². The molecule has 0 aliphatic carbocycles. The minimum Gasteiger partial charge on any atom is -0.493 e. The zero-order chi connectivity index (χ0) is 19.3. The second-order valence-corrected chi connectivity index (χ2v) is 6.32. The highest BCUT2D eigenvalue weighted by Crippen LogP contribution is 2.30. The van der Waals surface area contributed by atoms with Gasteiger partial charge in [-0.2, -0.15) is 0 Å². The molecule has 0 atom stereocenters. The fourth-order valence-corrected chi connectivity index (χ4v) is 2.66. The number of aryl methyl sites for hydroxylation is 2. The van der Waals surface area contributed by atoms with Crippen molar-refractivity contribution < 1.29 is 18.7 Å². The topological polar surface area (TPSA) is 50.8 Å². The second-order valence-electron chi connectivity index (χ2n) is 6.32. The number of benzene rings is 2. The predicted molar refractivity (Wildman–Crippen MR) is 100 cm³/mol. The van der Waals surface area contributed by atoms with Crippen LogP contribution in [0.4, 0.5) is 10.1 Å². The first kappa shape index (κ1) is 19.7. The molecule has 0 aliphatic heterocycles. The molecule has 0 bridgehead atoms. The molecule has 6 heteroatoms. The fraction of sp³-hybridized carbons (Fsp3) is 0.350. The highest BCUT2D eigenvalue weighted by molar-refractivity contribution is 5.92. The van der Waals surface area contributed by atoms with Crippen LogP contribution in [0.15, 0.2) is 30.3 Å². The summed E-state index contributed by atoms with van der Waals surface area (Å²) in [5, 5.41) is 2.72. The highest BCUT2D eigenvalue weighted by atomic mass is 19.1. The van der Waals surface area contributed by atoms with Crippen molar-refractivity contribution >= 4 is 11.6 Å². The summed E-state index contributed by atoms with van der Waals surface area (Å²) < 4.78 is 24.2. The number of carbonyl (C=O) groups excluding carboxylic acids is 1. The number of rotatable bonds is 7. The summed E-state index contributed by atoms with van der Waals surface area (Å²) in [4.78, 5) is 14.1. The highest BCUT2D eigenvalue weighted by Gasteiger charge is 2.13. The van der Waals surface area contributed by atoms with Gasteiger partial charge in [-0.3, -0.25) is 9.69 Å². The Labute approximate surface area is 153 Å². The van der Waals surface area contributed by atoms with E-state index in [1.807, 2.05) is 31.0 Å². The van der Waals surface area contributed by atoms with Gasteiger partial charge in [0.25, 0.3) is 0 Å². The number of nitrogens with one attached hydrogen (secondary N) is 1. The molecule has 0 aliphatic rings. The normalized spacial score (nSPS) is 10.7. The summed E-state index contributed by atoms with van der Waals surface area (Å²) in [6.45, 7) is 4.42. The van der Waals surface area contributed by atoms with Crippen LogP contribution in [0.2, 0.25) is 0 Å². The van der Waals surface area contributed by atoms with Gasteiger partial charge in [-0.1, -0.05) is 6.07 Å². The number of likely N-dealkylation sites (N-methyl/N-ethyl adjacent to an activating group) is 1. The summed E-state index contributed by atoms with van der Waals surface area (Å²) in [6.07, 6.45) is 0. The average Bonchev–Trinajstić information content (AvgIpc) is 2.59. The standard InChI is InChI=1S/C20H25FN2O3/c1-13-6-7-16(10-17(13)21)22-20(24)12-23(3)11-15-9-19(26-5)18(25-4)8-14(15)2/h6-10H,11-12H2,1-5H3,(H,22,24). The van der Waals surface area contributed by atoms with Crippen molar-refractivity contribution in [2.45, 2.75) is 20.4 Å². The molecule has 0 fully saturated rings. The van der Waals surface area contributed by atoms with E-state index in [9.17, 15) is 9.18 Å². The van der Waals surface area contributed by atoms with E-state index in [1.165, 1.54) is 6.07 Å². The van der Waals surface area contributed by atoms with E-state index >= 15 is 0 Å². The Hall–Kier alpha value is -2.60. The quantitative estimate of drug-likeness (QED) is 0.821. The van der Waals surface area contributed by atoms with E-state index < -0.39 is 0 Å². The lowest BCUT2D eigenvalue weighted by Crippen LogP contribution is -2.30. The molecule has 2 aromatic carbocycles. The monoisotopic (exact) mass is 360 g/mol.